The zero-order valence-electron chi connectivity index (χ0n) is 21.2. The summed E-state index contributed by atoms with van der Waals surface area (Å²) < 4.78 is 16.5. The normalized spacial score (nSPS) is 24.6. The van der Waals surface area contributed by atoms with Gasteiger partial charge in [0.2, 0.25) is 0 Å². The number of piperidine rings is 3. The van der Waals surface area contributed by atoms with E-state index in [-0.39, 0.29) is 30.0 Å². The Kier molecular flexibility index (Phi) is 7.63. The van der Waals surface area contributed by atoms with Gasteiger partial charge in [0.05, 0.1) is 14.2 Å². The summed E-state index contributed by atoms with van der Waals surface area (Å²) in [4.78, 5) is 14.0. The van der Waals surface area contributed by atoms with Crippen molar-refractivity contribution in [3.63, 3.8) is 0 Å². The second-order valence-corrected chi connectivity index (χ2v) is 9.74. The number of carboxylic acid groups (broad SMARTS) is 1. The summed E-state index contributed by atoms with van der Waals surface area (Å²) >= 11 is 0. The molecule has 7 heteroatoms. The number of hydrogen-bond acceptors (Lipinski definition) is 6. The largest absolute Gasteiger partial charge is 0.506 e. The summed E-state index contributed by atoms with van der Waals surface area (Å²) in [7, 11) is 3.32. The van der Waals surface area contributed by atoms with Crippen molar-refractivity contribution in [1.29, 1.82) is 0 Å². The molecule has 3 fully saturated rings. The maximum absolute atomic E-state index is 11.6. The van der Waals surface area contributed by atoms with Crippen LogP contribution in [-0.2, 0) is 11.3 Å². The maximum atomic E-state index is 11.6. The molecule has 6 rings (SSSR count). The molecule has 2 bridgehead atoms. The van der Waals surface area contributed by atoms with Crippen LogP contribution >= 0.6 is 0 Å². The van der Waals surface area contributed by atoms with Gasteiger partial charge in [0.1, 0.15) is 17.6 Å². The van der Waals surface area contributed by atoms with Gasteiger partial charge in [-0.15, -0.1) is 0 Å². The van der Waals surface area contributed by atoms with Gasteiger partial charge in [-0.25, -0.2) is 4.79 Å². The Balaban J connectivity index is 1.53. The van der Waals surface area contributed by atoms with Crippen LogP contribution in [0.2, 0.25) is 0 Å². The molecule has 0 saturated carbocycles. The summed E-state index contributed by atoms with van der Waals surface area (Å²) in [6.45, 7) is 2.06. The lowest BCUT2D eigenvalue weighted by atomic mass is 9.69. The molecule has 3 heterocycles. The van der Waals surface area contributed by atoms with Crippen molar-refractivity contribution in [3.8, 4) is 11.5 Å². The molecule has 1 unspecified atom stereocenters. The minimum absolute atomic E-state index is 0.00632. The lowest BCUT2D eigenvalue weighted by Gasteiger charge is -2.56. The highest BCUT2D eigenvalue weighted by atomic mass is 16.7. The van der Waals surface area contributed by atoms with E-state index in [0.717, 1.165) is 30.0 Å². The van der Waals surface area contributed by atoms with Crippen LogP contribution in [0, 0.1) is 5.92 Å². The fourth-order valence-electron chi connectivity index (χ4n) is 6.22. The molecule has 0 spiro atoms. The smallest absolute Gasteiger partial charge is 0.497 e. The van der Waals surface area contributed by atoms with Crippen molar-refractivity contribution in [2.75, 3.05) is 27.3 Å². The highest BCUT2D eigenvalue weighted by molar-refractivity contribution is 5.57. The fraction of sp³-hybridized carbons (Fsp3) is 0.367. The van der Waals surface area contributed by atoms with Crippen molar-refractivity contribution >= 4 is 6.16 Å². The zero-order chi connectivity index (χ0) is 25.8. The molecule has 0 aliphatic carbocycles. The van der Waals surface area contributed by atoms with Crippen molar-refractivity contribution in [2.45, 2.75) is 37.1 Å². The number of nitrogens with one attached hydrogen (secondary N) is 1. The number of benzene rings is 3. The van der Waals surface area contributed by atoms with Crippen LogP contribution in [-0.4, -0.2) is 61.7 Å². The van der Waals surface area contributed by atoms with Gasteiger partial charge in [0.25, 0.3) is 0 Å². The molecule has 0 aromatic heterocycles. The lowest BCUT2D eigenvalue weighted by Crippen LogP contribution is -2.69. The summed E-state index contributed by atoms with van der Waals surface area (Å²) in [5.41, 5.74) is 3.48. The van der Waals surface area contributed by atoms with Crippen LogP contribution in [0.25, 0.3) is 0 Å². The van der Waals surface area contributed by atoms with E-state index in [1.54, 1.807) is 14.2 Å². The third kappa shape index (κ3) is 5.29. The van der Waals surface area contributed by atoms with E-state index in [1.807, 2.05) is 30.3 Å². The van der Waals surface area contributed by atoms with Gasteiger partial charge in [-0.2, -0.15) is 0 Å². The molecule has 7 nitrogen and oxygen atoms in total. The van der Waals surface area contributed by atoms with E-state index in [9.17, 15) is 9.90 Å². The highest BCUT2D eigenvalue weighted by Gasteiger charge is 2.51. The Labute approximate surface area is 218 Å². The van der Waals surface area contributed by atoms with E-state index < -0.39 is 6.16 Å². The monoisotopic (exact) mass is 502 g/mol. The first-order chi connectivity index (χ1) is 18.1. The van der Waals surface area contributed by atoms with Crippen molar-refractivity contribution in [2.24, 2.45) is 5.92 Å². The number of carbonyl (C=O) groups is 1. The van der Waals surface area contributed by atoms with Gasteiger partial charge in [0.15, 0.2) is 0 Å². The third-order valence-electron chi connectivity index (χ3n) is 7.82. The summed E-state index contributed by atoms with van der Waals surface area (Å²) in [5, 5.41) is 13.3. The third-order valence-corrected chi connectivity index (χ3v) is 7.82. The molecular formula is C30H34N2O5. The topological polar surface area (TPSA) is 80.3 Å². The summed E-state index contributed by atoms with van der Waals surface area (Å²) in [6.07, 6.45) is -0.719. The average Bonchev–Trinajstić information content (AvgIpc) is 2.93. The van der Waals surface area contributed by atoms with Gasteiger partial charge in [-0.3, -0.25) is 4.90 Å². The number of ether oxygens (including phenoxy) is 3. The molecule has 3 saturated heterocycles. The van der Waals surface area contributed by atoms with Crippen molar-refractivity contribution in [1.82, 2.24) is 10.2 Å². The second-order valence-electron chi connectivity index (χ2n) is 9.74. The average molecular weight is 503 g/mol. The molecule has 3 aromatic rings. The minimum atomic E-state index is -1.22. The van der Waals surface area contributed by atoms with Crippen molar-refractivity contribution in [3.05, 3.63) is 95.6 Å². The van der Waals surface area contributed by atoms with Gasteiger partial charge in [0, 0.05) is 42.6 Å². The minimum Gasteiger partial charge on any atom is -0.497 e. The summed E-state index contributed by atoms with van der Waals surface area (Å²) in [6, 6.07) is 27.1. The van der Waals surface area contributed by atoms with E-state index in [4.69, 9.17) is 14.2 Å². The Morgan fingerprint density at radius 2 is 1.68 bits per heavy atom. The molecule has 0 amide bonds. The zero-order valence-corrected chi connectivity index (χ0v) is 21.2. The SMILES string of the molecule is COc1ccc(OC)c(CN[C@H]2[C@@H]3CCN(C[C@@H]3OC(=O)O)[C@H]2C(c2ccccc2)c2ccccc2)c1. The van der Waals surface area contributed by atoms with Crippen LogP contribution in [0.4, 0.5) is 4.79 Å². The van der Waals surface area contributed by atoms with Crippen molar-refractivity contribution < 1.29 is 24.1 Å². The van der Waals surface area contributed by atoms with Gasteiger partial charge in [-0.1, -0.05) is 60.7 Å². The van der Waals surface area contributed by atoms with Crippen LogP contribution in [0.5, 0.6) is 11.5 Å². The lowest BCUT2D eigenvalue weighted by molar-refractivity contribution is -0.0951. The Hall–Kier alpha value is -3.55. The molecule has 194 valence electrons. The van der Waals surface area contributed by atoms with Gasteiger partial charge >= 0.3 is 6.16 Å². The van der Waals surface area contributed by atoms with Crippen LogP contribution in [0.1, 0.15) is 29.0 Å². The molecule has 37 heavy (non-hydrogen) atoms. The standard InChI is InChI=1S/C30H34N2O5/c1-35-23-13-14-25(36-2)22(17-23)18-31-28-24-15-16-32(19-26(24)37-30(33)34)29(28)27(20-9-5-3-6-10-20)21-11-7-4-8-12-21/h3-14,17,24,26-29,31H,15-16,18-19H2,1-2H3,(H,33,34)/t24-,26+,28+,29+/m1/s1. The van der Waals surface area contributed by atoms with Crippen LogP contribution in [0.15, 0.2) is 78.9 Å². The van der Waals surface area contributed by atoms with Gasteiger partial charge < -0.3 is 24.6 Å². The van der Waals surface area contributed by atoms with Crippen LogP contribution < -0.4 is 14.8 Å². The highest BCUT2D eigenvalue weighted by Crippen LogP contribution is 2.43. The van der Waals surface area contributed by atoms with E-state index in [1.165, 1.54) is 11.1 Å². The molecule has 5 atom stereocenters. The Morgan fingerprint density at radius 1 is 1.00 bits per heavy atom. The Bertz CT molecular complexity index is 1150. The first kappa shape index (κ1) is 25.1. The van der Waals surface area contributed by atoms with E-state index >= 15 is 0 Å². The number of fused-ring (bicyclic) bond motifs is 3. The number of methoxy groups -OCH3 is 2. The summed E-state index contributed by atoms with van der Waals surface area (Å²) in [5.74, 6) is 1.71. The number of hydrogen-bond donors (Lipinski definition) is 2. The molecule has 2 N–H and O–H groups in total. The first-order valence-electron chi connectivity index (χ1n) is 12.8. The number of nitrogens with zero attached hydrogens (tertiary/aromatic N) is 1. The molecule has 3 aliphatic heterocycles. The molecule has 3 aromatic carbocycles. The van der Waals surface area contributed by atoms with E-state index in [2.05, 4.69) is 58.7 Å². The second kappa shape index (κ2) is 11.2. The van der Waals surface area contributed by atoms with Gasteiger partial charge in [-0.05, 0) is 42.3 Å². The molecular weight excluding hydrogens is 468 g/mol. The molecule has 0 radical (unpaired) electrons. The first-order valence-corrected chi connectivity index (χ1v) is 12.8. The maximum Gasteiger partial charge on any atom is 0.506 e. The predicted octanol–water partition coefficient (Wildman–Crippen LogP) is 4.76. The van der Waals surface area contributed by atoms with Crippen LogP contribution in [0.3, 0.4) is 0 Å². The van der Waals surface area contributed by atoms with E-state index in [0.29, 0.717) is 13.1 Å². The molecule has 3 aliphatic rings. The number of rotatable bonds is 9. The fourth-order valence-corrected chi connectivity index (χ4v) is 6.22. The Morgan fingerprint density at radius 3 is 2.27 bits per heavy atom. The quantitative estimate of drug-likeness (QED) is 0.408. The predicted molar refractivity (Wildman–Crippen MR) is 141 cm³/mol.